The van der Waals surface area contributed by atoms with Gasteiger partial charge in [-0.1, -0.05) is 12.1 Å². The first-order valence-electron chi connectivity index (χ1n) is 6.77. The summed E-state index contributed by atoms with van der Waals surface area (Å²) >= 11 is 0. The smallest absolute Gasteiger partial charge is 0.170 e. The molecule has 1 aliphatic heterocycles. The van der Waals surface area contributed by atoms with Crippen molar-refractivity contribution in [2.45, 2.75) is 19.8 Å². The molecule has 104 valence electrons. The number of hydrogen-bond donors (Lipinski definition) is 1. The van der Waals surface area contributed by atoms with Crippen LogP contribution in [0.5, 0.6) is 5.75 Å². The van der Waals surface area contributed by atoms with Crippen LogP contribution in [0.4, 0.5) is 0 Å². The van der Waals surface area contributed by atoms with Gasteiger partial charge in [-0.15, -0.1) is 0 Å². The summed E-state index contributed by atoms with van der Waals surface area (Å²) in [7, 11) is 0. The number of nitrogens with two attached hydrogens (primary N) is 1. The molecule has 1 aromatic carbocycles. The molecule has 0 aromatic heterocycles. The first-order valence-corrected chi connectivity index (χ1v) is 6.77. The van der Waals surface area contributed by atoms with Crippen molar-refractivity contribution in [1.29, 1.82) is 0 Å². The minimum absolute atomic E-state index is 0.111. The lowest BCUT2D eigenvalue weighted by Crippen LogP contribution is -2.43. The lowest BCUT2D eigenvalue weighted by Gasteiger charge is -2.34. The number of Topliss-reactive ketones (excluding diaryl/α,β-unsaturated/α-hetero) is 1. The number of ether oxygens (including phenoxy) is 2. The summed E-state index contributed by atoms with van der Waals surface area (Å²) < 4.78 is 10.8. The number of ketones is 1. The fraction of sp³-hybridized carbons (Fsp3) is 0.533. The maximum absolute atomic E-state index is 12.7. The van der Waals surface area contributed by atoms with E-state index in [9.17, 15) is 4.79 Å². The van der Waals surface area contributed by atoms with E-state index in [-0.39, 0.29) is 5.78 Å². The van der Waals surface area contributed by atoms with Crippen LogP contribution in [0.2, 0.25) is 0 Å². The number of hydrogen-bond acceptors (Lipinski definition) is 4. The first kappa shape index (κ1) is 14.0. The van der Waals surface area contributed by atoms with Crippen molar-refractivity contribution in [3.63, 3.8) is 0 Å². The van der Waals surface area contributed by atoms with Gasteiger partial charge in [0, 0.05) is 25.3 Å². The van der Waals surface area contributed by atoms with Crippen LogP contribution in [0, 0.1) is 5.41 Å². The van der Waals surface area contributed by atoms with Crippen molar-refractivity contribution >= 4 is 5.78 Å². The van der Waals surface area contributed by atoms with Gasteiger partial charge in [0.15, 0.2) is 5.78 Å². The van der Waals surface area contributed by atoms with Crippen LogP contribution < -0.4 is 10.5 Å². The zero-order valence-corrected chi connectivity index (χ0v) is 11.4. The van der Waals surface area contributed by atoms with E-state index < -0.39 is 5.41 Å². The fourth-order valence-electron chi connectivity index (χ4n) is 2.49. The summed E-state index contributed by atoms with van der Waals surface area (Å²) in [5.41, 5.74) is 6.08. The molecule has 1 fully saturated rings. The van der Waals surface area contributed by atoms with Crippen LogP contribution in [-0.4, -0.2) is 32.1 Å². The second kappa shape index (κ2) is 6.17. The van der Waals surface area contributed by atoms with Gasteiger partial charge in [-0.2, -0.15) is 0 Å². The Bertz CT molecular complexity index is 439. The van der Waals surface area contributed by atoms with Crippen molar-refractivity contribution in [2.24, 2.45) is 11.1 Å². The van der Waals surface area contributed by atoms with E-state index in [2.05, 4.69) is 0 Å². The Morgan fingerprint density at radius 2 is 2.16 bits per heavy atom. The largest absolute Gasteiger partial charge is 0.494 e. The second-order valence-electron chi connectivity index (χ2n) is 4.89. The summed E-state index contributed by atoms with van der Waals surface area (Å²) in [6, 6.07) is 7.34. The van der Waals surface area contributed by atoms with E-state index in [1.54, 1.807) is 6.07 Å². The third-order valence-corrected chi connectivity index (χ3v) is 3.73. The maximum Gasteiger partial charge on any atom is 0.170 e. The SMILES string of the molecule is CCOc1cccc(C(=O)C2(CN)CCOCC2)c1. The second-order valence-corrected chi connectivity index (χ2v) is 4.89. The van der Waals surface area contributed by atoms with Crippen molar-refractivity contribution in [1.82, 2.24) is 0 Å². The third kappa shape index (κ3) is 2.96. The molecule has 1 aliphatic rings. The van der Waals surface area contributed by atoms with Gasteiger partial charge in [0.05, 0.1) is 12.0 Å². The lowest BCUT2D eigenvalue weighted by atomic mass is 9.74. The summed E-state index contributed by atoms with van der Waals surface area (Å²) in [4.78, 5) is 12.7. The van der Waals surface area contributed by atoms with E-state index in [4.69, 9.17) is 15.2 Å². The van der Waals surface area contributed by atoms with Gasteiger partial charge in [-0.3, -0.25) is 4.79 Å². The summed E-state index contributed by atoms with van der Waals surface area (Å²) in [5.74, 6) is 0.840. The van der Waals surface area contributed by atoms with Crippen molar-refractivity contribution in [3.05, 3.63) is 29.8 Å². The first-order chi connectivity index (χ1) is 9.22. The maximum atomic E-state index is 12.7. The number of rotatable bonds is 5. The fourth-order valence-corrected chi connectivity index (χ4v) is 2.49. The zero-order chi connectivity index (χ0) is 13.7. The standard InChI is InChI=1S/C15H21NO3/c1-2-19-13-5-3-4-12(10-13)14(17)15(11-16)6-8-18-9-7-15/h3-5,10H,2,6-9,11,16H2,1H3. The summed E-state index contributed by atoms with van der Waals surface area (Å²) in [6.07, 6.45) is 1.39. The molecular formula is C15H21NO3. The minimum atomic E-state index is -0.469. The van der Waals surface area contributed by atoms with E-state index in [1.165, 1.54) is 0 Å². The average Bonchev–Trinajstić information content (AvgIpc) is 2.48. The molecule has 0 bridgehead atoms. The van der Waals surface area contributed by atoms with Gasteiger partial charge in [-0.05, 0) is 31.9 Å². The summed E-state index contributed by atoms with van der Waals surface area (Å²) in [6.45, 7) is 4.10. The monoisotopic (exact) mass is 263 g/mol. The van der Waals surface area contributed by atoms with Crippen LogP contribution in [0.3, 0.4) is 0 Å². The highest BCUT2D eigenvalue weighted by Gasteiger charge is 2.39. The highest BCUT2D eigenvalue weighted by atomic mass is 16.5. The van der Waals surface area contributed by atoms with Crippen molar-refractivity contribution < 1.29 is 14.3 Å². The highest BCUT2D eigenvalue weighted by Crippen LogP contribution is 2.33. The van der Waals surface area contributed by atoms with E-state index in [1.807, 2.05) is 25.1 Å². The van der Waals surface area contributed by atoms with Gasteiger partial charge in [0.1, 0.15) is 5.75 Å². The molecule has 2 N–H and O–H groups in total. The third-order valence-electron chi connectivity index (χ3n) is 3.73. The molecule has 0 atom stereocenters. The number of carbonyl (C=O) groups excluding carboxylic acids is 1. The van der Waals surface area contributed by atoms with E-state index in [0.717, 1.165) is 5.75 Å². The molecule has 2 rings (SSSR count). The van der Waals surface area contributed by atoms with Gasteiger partial charge in [0.25, 0.3) is 0 Å². The Labute approximate surface area is 113 Å². The molecular weight excluding hydrogens is 242 g/mol. The summed E-state index contributed by atoms with van der Waals surface area (Å²) in [5, 5.41) is 0. The highest BCUT2D eigenvalue weighted by molar-refractivity contribution is 6.01. The predicted molar refractivity (Wildman–Crippen MR) is 73.5 cm³/mol. The van der Waals surface area contributed by atoms with Crippen LogP contribution in [-0.2, 0) is 4.74 Å². The molecule has 4 heteroatoms. The molecule has 0 spiro atoms. The molecule has 1 heterocycles. The molecule has 19 heavy (non-hydrogen) atoms. The number of benzene rings is 1. The van der Waals surface area contributed by atoms with Crippen molar-refractivity contribution in [3.8, 4) is 5.75 Å². The Kier molecular flexibility index (Phi) is 4.56. The predicted octanol–water partition coefficient (Wildman–Crippen LogP) is 2.02. The Balaban J connectivity index is 2.24. The normalized spacial score (nSPS) is 18.0. The van der Waals surface area contributed by atoms with Crippen LogP contribution in [0.1, 0.15) is 30.1 Å². The van der Waals surface area contributed by atoms with Gasteiger partial charge in [-0.25, -0.2) is 0 Å². The molecule has 4 nitrogen and oxygen atoms in total. The topological polar surface area (TPSA) is 61.5 Å². The quantitative estimate of drug-likeness (QED) is 0.826. The van der Waals surface area contributed by atoms with Crippen molar-refractivity contribution in [2.75, 3.05) is 26.4 Å². The van der Waals surface area contributed by atoms with E-state index in [0.29, 0.717) is 44.8 Å². The Morgan fingerprint density at radius 3 is 2.79 bits per heavy atom. The van der Waals surface area contributed by atoms with Gasteiger partial charge >= 0.3 is 0 Å². The lowest BCUT2D eigenvalue weighted by molar-refractivity contribution is 0.0200. The average molecular weight is 263 g/mol. The molecule has 1 aromatic rings. The molecule has 0 unspecified atom stereocenters. The molecule has 0 saturated carbocycles. The Hall–Kier alpha value is -1.39. The molecule has 0 aliphatic carbocycles. The Morgan fingerprint density at radius 1 is 1.42 bits per heavy atom. The zero-order valence-electron chi connectivity index (χ0n) is 11.4. The van der Waals surface area contributed by atoms with Crippen LogP contribution in [0.25, 0.3) is 0 Å². The molecule has 1 saturated heterocycles. The molecule has 0 radical (unpaired) electrons. The van der Waals surface area contributed by atoms with Gasteiger partial charge in [0.2, 0.25) is 0 Å². The number of carbonyl (C=O) groups is 1. The molecule has 0 amide bonds. The van der Waals surface area contributed by atoms with Crippen LogP contribution in [0.15, 0.2) is 24.3 Å². The van der Waals surface area contributed by atoms with Crippen LogP contribution >= 0.6 is 0 Å². The van der Waals surface area contributed by atoms with Gasteiger partial charge < -0.3 is 15.2 Å². The minimum Gasteiger partial charge on any atom is -0.494 e. The van der Waals surface area contributed by atoms with E-state index >= 15 is 0 Å².